The van der Waals surface area contributed by atoms with E-state index in [0.717, 1.165) is 22.0 Å². The van der Waals surface area contributed by atoms with Crippen molar-refractivity contribution in [3.63, 3.8) is 0 Å². The average molecular weight is 407 g/mol. The van der Waals surface area contributed by atoms with Crippen molar-refractivity contribution in [2.75, 3.05) is 0 Å². The summed E-state index contributed by atoms with van der Waals surface area (Å²) in [6, 6.07) is 16.5. The summed E-state index contributed by atoms with van der Waals surface area (Å²) < 4.78 is 3.29. The normalized spacial score (nSPS) is 11.3. The number of aromatic nitrogens is 4. The van der Waals surface area contributed by atoms with Crippen molar-refractivity contribution in [2.45, 2.75) is 31.3 Å². The monoisotopic (exact) mass is 406 g/mol. The van der Waals surface area contributed by atoms with Crippen LogP contribution in [-0.4, -0.2) is 19.1 Å². The molecule has 1 N–H and O–H groups in total. The van der Waals surface area contributed by atoms with E-state index in [-0.39, 0.29) is 0 Å². The van der Waals surface area contributed by atoms with Gasteiger partial charge in [0.1, 0.15) is 0 Å². The van der Waals surface area contributed by atoms with Crippen LogP contribution in [0.25, 0.3) is 11.2 Å². The highest BCUT2D eigenvalue weighted by atomic mass is 32.2. The van der Waals surface area contributed by atoms with E-state index in [1.54, 1.807) is 18.8 Å². The molecule has 0 unspecified atom stereocenters. The number of nitrogens with zero attached hydrogens (tertiary/aromatic N) is 3. The third-order valence-electron chi connectivity index (χ3n) is 4.85. The second-order valence-corrected chi connectivity index (χ2v) is 8.18. The highest BCUT2D eigenvalue weighted by Crippen LogP contribution is 2.26. The van der Waals surface area contributed by atoms with Gasteiger partial charge >= 0.3 is 5.69 Å². The molecule has 0 atom stereocenters. The fraction of sp³-hybridized carbons (Fsp3) is 0.227. The van der Waals surface area contributed by atoms with Gasteiger partial charge in [-0.25, -0.2) is 9.78 Å². The van der Waals surface area contributed by atoms with Crippen molar-refractivity contribution in [1.29, 1.82) is 0 Å². The highest BCUT2D eigenvalue weighted by molar-refractivity contribution is 7.98. The zero-order valence-corrected chi connectivity index (χ0v) is 17.4. The Bertz CT molecular complexity index is 1320. The van der Waals surface area contributed by atoms with Gasteiger partial charge in [-0.1, -0.05) is 71.4 Å². The first kappa shape index (κ1) is 19.3. The molecule has 148 valence electrons. The highest BCUT2D eigenvalue weighted by Gasteiger charge is 2.18. The summed E-state index contributed by atoms with van der Waals surface area (Å²) in [6.07, 6.45) is 0. The Kier molecular flexibility index (Phi) is 5.15. The summed E-state index contributed by atoms with van der Waals surface area (Å²) in [5.74, 6) is 0.727. The minimum absolute atomic E-state index is 0.401. The van der Waals surface area contributed by atoms with Crippen LogP contribution >= 0.6 is 11.8 Å². The standard InChI is InChI=1S/C22H22N4O2S/c1-14-6-4-8-16(10-14)12-26-18-19(25(3)21(28)24-20(18)27)23-22(26)29-13-17-9-5-7-15(2)11-17/h4-11H,12-13H2,1-3H3,(H,24,27,28). The van der Waals surface area contributed by atoms with Gasteiger partial charge in [0.25, 0.3) is 5.56 Å². The molecule has 7 heteroatoms. The topological polar surface area (TPSA) is 72.7 Å². The van der Waals surface area contributed by atoms with Crippen molar-refractivity contribution in [2.24, 2.45) is 7.05 Å². The van der Waals surface area contributed by atoms with E-state index in [2.05, 4.69) is 41.2 Å². The molecule has 6 nitrogen and oxygen atoms in total. The molecule has 0 amide bonds. The average Bonchev–Trinajstić information content (AvgIpc) is 3.03. The van der Waals surface area contributed by atoms with Gasteiger partial charge in [0, 0.05) is 12.8 Å². The maximum absolute atomic E-state index is 12.6. The summed E-state index contributed by atoms with van der Waals surface area (Å²) in [5, 5.41) is 0.717. The van der Waals surface area contributed by atoms with Gasteiger partial charge in [0.05, 0.1) is 6.54 Å². The number of fused-ring (bicyclic) bond motifs is 1. The first-order valence-corrected chi connectivity index (χ1v) is 10.3. The van der Waals surface area contributed by atoms with Crippen LogP contribution in [0.4, 0.5) is 0 Å². The number of imidazole rings is 1. The fourth-order valence-corrected chi connectivity index (χ4v) is 4.35. The summed E-state index contributed by atoms with van der Waals surface area (Å²) in [6.45, 7) is 4.62. The van der Waals surface area contributed by atoms with Gasteiger partial charge in [-0.05, 0) is 25.0 Å². The molecule has 0 aliphatic heterocycles. The number of rotatable bonds is 5. The first-order chi connectivity index (χ1) is 13.9. The van der Waals surface area contributed by atoms with Crippen molar-refractivity contribution < 1.29 is 0 Å². The number of thioether (sulfide) groups is 1. The fourth-order valence-electron chi connectivity index (χ4n) is 3.41. The summed E-state index contributed by atoms with van der Waals surface area (Å²) >= 11 is 1.56. The Balaban J connectivity index is 1.81. The number of hydrogen-bond donors (Lipinski definition) is 1. The molecule has 4 aromatic rings. The Morgan fingerprint density at radius 2 is 1.66 bits per heavy atom. The second kappa shape index (κ2) is 7.75. The molecule has 0 radical (unpaired) electrons. The number of benzene rings is 2. The van der Waals surface area contributed by atoms with Crippen molar-refractivity contribution in [3.8, 4) is 0 Å². The summed E-state index contributed by atoms with van der Waals surface area (Å²) in [5.41, 5.74) is 4.57. The van der Waals surface area contributed by atoms with Crippen LogP contribution in [0.1, 0.15) is 22.3 Å². The van der Waals surface area contributed by atoms with E-state index in [1.165, 1.54) is 15.7 Å². The molecule has 2 heterocycles. The van der Waals surface area contributed by atoms with E-state index in [9.17, 15) is 9.59 Å². The largest absolute Gasteiger partial charge is 0.329 e. The molecule has 0 fully saturated rings. The zero-order valence-electron chi connectivity index (χ0n) is 16.6. The predicted molar refractivity (Wildman–Crippen MR) is 117 cm³/mol. The lowest BCUT2D eigenvalue weighted by Gasteiger charge is -2.10. The second-order valence-electron chi connectivity index (χ2n) is 7.24. The molecule has 29 heavy (non-hydrogen) atoms. The number of aryl methyl sites for hydroxylation is 3. The minimum atomic E-state index is -0.460. The predicted octanol–water partition coefficient (Wildman–Crippen LogP) is 3.38. The summed E-state index contributed by atoms with van der Waals surface area (Å²) in [7, 11) is 1.62. The Hall–Kier alpha value is -3.06. The lowest BCUT2D eigenvalue weighted by Crippen LogP contribution is -2.29. The molecule has 0 aliphatic carbocycles. The molecule has 0 aliphatic rings. The van der Waals surface area contributed by atoms with Crippen LogP contribution in [0.2, 0.25) is 0 Å². The van der Waals surface area contributed by atoms with E-state index in [4.69, 9.17) is 0 Å². The maximum atomic E-state index is 12.6. The first-order valence-electron chi connectivity index (χ1n) is 9.36. The molecule has 0 saturated carbocycles. The molecular formula is C22H22N4O2S. The number of H-pyrrole nitrogens is 1. The molecule has 4 rings (SSSR count). The van der Waals surface area contributed by atoms with Gasteiger partial charge in [-0.3, -0.25) is 14.3 Å². The number of hydrogen-bond acceptors (Lipinski definition) is 4. The minimum Gasteiger partial charge on any atom is -0.309 e. The van der Waals surface area contributed by atoms with Gasteiger partial charge in [-0.15, -0.1) is 0 Å². The van der Waals surface area contributed by atoms with Crippen LogP contribution in [0.15, 0.2) is 63.3 Å². The van der Waals surface area contributed by atoms with Gasteiger partial charge in [0.2, 0.25) is 0 Å². The van der Waals surface area contributed by atoms with Gasteiger partial charge in [-0.2, -0.15) is 0 Å². The Morgan fingerprint density at radius 3 is 2.34 bits per heavy atom. The van der Waals surface area contributed by atoms with Gasteiger partial charge < -0.3 is 4.57 Å². The Labute approximate surface area is 172 Å². The lowest BCUT2D eigenvalue weighted by atomic mass is 10.1. The third kappa shape index (κ3) is 3.91. The van der Waals surface area contributed by atoms with Crippen molar-refractivity contribution in [3.05, 3.63) is 91.6 Å². The quantitative estimate of drug-likeness (QED) is 0.516. The van der Waals surface area contributed by atoms with Crippen LogP contribution in [-0.2, 0) is 19.3 Å². The molecule has 0 saturated heterocycles. The summed E-state index contributed by atoms with van der Waals surface area (Å²) in [4.78, 5) is 31.7. The van der Waals surface area contributed by atoms with Crippen LogP contribution in [0.3, 0.4) is 0 Å². The van der Waals surface area contributed by atoms with Crippen molar-refractivity contribution >= 4 is 22.9 Å². The van der Waals surface area contributed by atoms with E-state index >= 15 is 0 Å². The van der Waals surface area contributed by atoms with Crippen molar-refractivity contribution in [1.82, 2.24) is 19.1 Å². The SMILES string of the molecule is Cc1cccc(CSc2nc3c(c(=O)[nH]c(=O)n3C)n2Cc2cccc(C)c2)c1. The van der Waals surface area contributed by atoms with E-state index < -0.39 is 11.2 Å². The van der Waals surface area contributed by atoms with E-state index in [0.29, 0.717) is 17.7 Å². The maximum Gasteiger partial charge on any atom is 0.329 e. The number of nitrogens with one attached hydrogen (secondary N) is 1. The van der Waals surface area contributed by atoms with Crippen LogP contribution in [0, 0.1) is 13.8 Å². The lowest BCUT2D eigenvalue weighted by molar-refractivity contribution is 0.727. The van der Waals surface area contributed by atoms with E-state index in [1.807, 2.05) is 35.8 Å². The molecular weight excluding hydrogens is 384 g/mol. The molecule has 0 bridgehead atoms. The zero-order chi connectivity index (χ0) is 20.5. The molecule has 0 spiro atoms. The molecule has 2 aromatic heterocycles. The smallest absolute Gasteiger partial charge is 0.309 e. The van der Waals surface area contributed by atoms with Crippen LogP contribution < -0.4 is 11.2 Å². The third-order valence-corrected chi connectivity index (χ3v) is 5.89. The number of aromatic amines is 1. The van der Waals surface area contributed by atoms with Crippen LogP contribution in [0.5, 0.6) is 0 Å². The molecule has 2 aromatic carbocycles. The van der Waals surface area contributed by atoms with Gasteiger partial charge in [0.15, 0.2) is 16.3 Å². The Morgan fingerprint density at radius 1 is 1.00 bits per heavy atom.